The highest BCUT2D eigenvalue weighted by molar-refractivity contribution is 5.90. The number of carbonyl (C=O) groups is 1. The molecule has 0 spiro atoms. The molecule has 1 N–H and O–H groups in total. The molecule has 0 aliphatic carbocycles. The van der Waals surface area contributed by atoms with Crippen molar-refractivity contribution in [3.8, 4) is 22.8 Å². The number of carboxylic acids is 1. The van der Waals surface area contributed by atoms with Crippen molar-refractivity contribution in [2.75, 3.05) is 0 Å². The molecule has 5 heteroatoms. The molecule has 0 saturated heterocycles. The fraction of sp³-hybridized carbons (Fsp3) is 0.0625. The van der Waals surface area contributed by atoms with E-state index in [-0.39, 0.29) is 5.56 Å². The van der Waals surface area contributed by atoms with E-state index in [1.54, 1.807) is 25.1 Å². The Balaban J connectivity index is 1.97. The topological polar surface area (TPSA) is 76.2 Å². The number of benzene rings is 2. The van der Waals surface area contributed by atoms with Crippen molar-refractivity contribution >= 4 is 5.97 Å². The molecule has 0 bridgehead atoms. The van der Waals surface area contributed by atoms with Crippen LogP contribution in [0, 0.1) is 6.92 Å². The van der Waals surface area contributed by atoms with Crippen molar-refractivity contribution in [1.29, 1.82) is 0 Å². The van der Waals surface area contributed by atoms with Gasteiger partial charge in [0.25, 0.3) is 5.89 Å². The normalized spacial score (nSPS) is 10.5. The van der Waals surface area contributed by atoms with Crippen LogP contribution in [0.3, 0.4) is 0 Å². The summed E-state index contributed by atoms with van der Waals surface area (Å²) in [6, 6.07) is 14.4. The molecule has 0 amide bonds. The van der Waals surface area contributed by atoms with Crippen LogP contribution in [0.25, 0.3) is 22.8 Å². The van der Waals surface area contributed by atoms with Crippen molar-refractivity contribution < 1.29 is 14.4 Å². The van der Waals surface area contributed by atoms with Crippen LogP contribution in [0.2, 0.25) is 0 Å². The summed E-state index contributed by atoms with van der Waals surface area (Å²) in [7, 11) is 0. The van der Waals surface area contributed by atoms with Gasteiger partial charge in [-0.1, -0.05) is 29.4 Å². The van der Waals surface area contributed by atoms with Gasteiger partial charge in [0.15, 0.2) is 0 Å². The second-order valence-corrected chi connectivity index (χ2v) is 4.62. The summed E-state index contributed by atoms with van der Waals surface area (Å²) in [5.74, 6) is -0.0726. The van der Waals surface area contributed by atoms with Gasteiger partial charge >= 0.3 is 5.97 Å². The Morgan fingerprint density at radius 2 is 1.86 bits per heavy atom. The fourth-order valence-electron chi connectivity index (χ4n) is 2.08. The lowest BCUT2D eigenvalue weighted by Crippen LogP contribution is -1.99. The van der Waals surface area contributed by atoms with Crippen LogP contribution >= 0.6 is 0 Å². The van der Waals surface area contributed by atoms with Crippen LogP contribution in [-0.4, -0.2) is 21.2 Å². The zero-order valence-electron chi connectivity index (χ0n) is 11.3. The molecule has 5 nitrogen and oxygen atoms in total. The summed E-state index contributed by atoms with van der Waals surface area (Å²) in [6.45, 7) is 1.74. The minimum Gasteiger partial charge on any atom is -0.478 e. The van der Waals surface area contributed by atoms with E-state index in [0.29, 0.717) is 17.3 Å². The lowest BCUT2D eigenvalue weighted by atomic mass is 10.0. The molecule has 1 heterocycles. The van der Waals surface area contributed by atoms with E-state index in [0.717, 1.165) is 11.1 Å². The minimum atomic E-state index is -0.947. The van der Waals surface area contributed by atoms with Crippen molar-refractivity contribution in [3.63, 3.8) is 0 Å². The van der Waals surface area contributed by atoms with E-state index >= 15 is 0 Å². The summed E-state index contributed by atoms with van der Waals surface area (Å²) < 4.78 is 5.25. The lowest BCUT2D eigenvalue weighted by molar-refractivity contribution is 0.0696. The van der Waals surface area contributed by atoms with Gasteiger partial charge in [-0.25, -0.2) is 4.79 Å². The monoisotopic (exact) mass is 280 g/mol. The number of nitrogens with zero attached hydrogens (tertiary/aromatic N) is 2. The Bertz CT molecular complexity index is 794. The van der Waals surface area contributed by atoms with Crippen LogP contribution in [0.5, 0.6) is 0 Å². The van der Waals surface area contributed by atoms with Crippen LogP contribution in [0.4, 0.5) is 0 Å². The van der Waals surface area contributed by atoms with Crippen LogP contribution in [0.15, 0.2) is 53.1 Å². The van der Waals surface area contributed by atoms with Crippen LogP contribution < -0.4 is 0 Å². The van der Waals surface area contributed by atoms with Crippen LogP contribution in [-0.2, 0) is 0 Å². The Hall–Kier alpha value is -2.95. The Morgan fingerprint density at radius 3 is 2.52 bits per heavy atom. The maximum absolute atomic E-state index is 11.0. The maximum atomic E-state index is 11.0. The Labute approximate surface area is 120 Å². The molecule has 2 aromatic carbocycles. The number of aromatic nitrogens is 2. The summed E-state index contributed by atoms with van der Waals surface area (Å²) >= 11 is 0. The number of rotatable bonds is 3. The summed E-state index contributed by atoms with van der Waals surface area (Å²) in [5, 5.41) is 13.0. The van der Waals surface area contributed by atoms with Gasteiger partial charge in [-0.15, -0.1) is 0 Å². The van der Waals surface area contributed by atoms with Gasteiger partial charge in [-0.3, -0.25) is 0 Å². The third kappa shape index (κ3) is 2.53. The van der Waals surface area contributed by atoms with Gasteiger partial charge in [0.2, 0.25) is 5.82 Å². The van der Waals surface area contributed by atoms with E-state index in [9.17, 15) is 4.79 Å². The molecule has 0 aliphatic heterocycles. The molecule has 0 fully saturated rings. The zero-order valence-corrected chi connectivity index (χ0v) is 11.3. The van der Waals surface area contributed by atoms with E-state index < -0.39 is 5.97 Å². The molecular weight excluding hydrogens is 268 g/mol. The van der Waals surface area contributed by atoms with Gasteiger partial charge in [0, 0.05) is 11.1 Å². The van der Waals surface area contributed by atoms with Crippen molar-refractivity contribution in [1.82, 2.24) is 10.1 Å². The van der Waals surface area contributed by atoms with Gasteiger partial charge in [0.1, 0.15) is 0 Å². The van der Waals surface area contributed by atoms with Crippen LogP contribution in [0.1, 0.15) is 15.9 Å². The van der Waals surface area contributed by atoms with E-state index in [1.165, 1.54) is 0 Å². The second kappa shape index (κ2) is 5.20. The molecule has 0 atom stereocenters. The Morgan fingerprint density at radius 1 is 1.10 bits per heavy atom. The molecule has 21 heavy (non-hydrogen) atoms. The lowest BCUT2D eigenvalue weighted by Gasteiger charge is -2.01. The molecule has 0 aliphatic rings. The largest absolute Gasteiger partial charge is 0.478 e. The fourth-order valence-corrected chi connectivity index (χ4v) is 2.08. The SMILES string of the molecule is Cc1cc(-c2noc(-c3ccccc3)n2)ccc1C(=O)O. The molecular formula is C16H12N2O3. The molecule has 104 valence electrons. The predicted molar refractivity (Wildman–Crippen MR) is 76.9 cm³/mol. The molecule has 3 rings (SSSR count). The number of aryl methyl sites for hydroxylation is 1. The van der Waals surface area contributed by atoms with Gasteiger partial charge in [-0.05, 0) is 36.8 Å². The number of carboxylic acid groups (broad SMARTS) is 1. The van der Waals surface area contributed by atoms with Gasteiger partial charge < -0.3 is 9.63 Å². The first-order valence-electron chi connectivity index (χ1n) is 6.38. The summed E-state index contributed by atoms with van der Waals surface area (Å²) in [5.41, 5.74) is 2.50. The third-order valence-corrected chi connectivity index (χ3v) is 3.16. The third-order valence-electron chi connectivity index (χ3n) is 3.16. The van der Waals surface area contributed by atoms with E-state index in [2.05, 4.69) is 10.1 Å². The van der Waals surface area contributed by atoms with E-state index in [4.69, 9.17) is 9.63 Å². The van der Waals surface area contributed by atoms with Crippen molar-refractivity contribution in [2.24, 2.45) is 0 Å². The average molecular weight is 280 g/mol. The maximum Gasteiger partial charge on any atom is 0.335 e. The highest BCUT2D eigenvalue weighted by atomic mass is 16.5. The predicted octanol–water partition coefficient (Wildman–Crippen LogP) is 3.41. The first-order valence-corrected chi connectivity index (χ1v) is 6.38. The highest BCUT2D eigenvalue weighted by Crippen LogP contribution is 2.23. The average Bonchev–Trinajstić information content (AvgIpc) is 2.97. The first kappa shape index (κ1) is 13.1. The van der Waals surface area contributed by atoms with Crippen molar-refractivity contribution in [3.05, 3.63) is 59.7 Å². The highest BCUT2D eigenvalue weighted by Gasteiger charge is 2.13. The molecule has 1 aromatic heterocycles. The molecule has 0 saturated carbocycles. The van der Waals surface area contributed by atoms with E-state index in [1.807, 2.05) is 30.3 Å². The van der Waals surface area contributed by atoms with Gasteiger partial charge in [0.05, 0.1) is 5.56 Å². The molecule has 3 aromatic rings. The van der Waals surface area contributed by atoms with Crippen molar-refractivity contribution in [2.45, 2.75) is 6.92 Å². The molecule has 0 unspecified atom stereocenters. The summed E-state index contributed by atoms with van der Waals surface area (Å²) in [4.78, 5) is 15.4. The quantitative estimate of drug-likeness (QED) is 0.795. The number of aromatic carboxylic acids is 1. The van der Waals surface area contributed by atoms with Gasteiger partial charge in [-0.2, -0.15) is 4.98 Å². The first-order chi connectivity index (χ1) is 10.1. The summed E-state index contributed by atoms with van der Waals surface area (Å²) in [6.07, 6.45) is 0. The number of hydrogen-bond acceptors (Lipinski definition) is 4. The molecule has 0 radical (unpaired) electrons. The Kier molecular flexibility index (Phi) is 3.23. The second-order valence-electron chi connectivity index (χ2n) is 4.62. The zero-order chi connectivity index (χ0) is 14.8. The smallest absolute Gasteiger partial charge is 0.335 e. The standard InChI is InChI=1S/C16H12N2O3/c1-10-9-12(7-8-13(10)16(19)20)14-17-15(21-18-14)11-5-3-2-4-6-11/h2-9H,1H3,(H,19,20). The minimum absolute atomic E-state index is 0.269. The number of hydrogen-bond donors (Lipinski definition) is 1.